The van der Waals surface area contributed by atoms with Crippen molar-refractivity contribution in [1.82, 2.24) is 4.57 Å². The van der Waals surface area contributed by atoms with Crippen molar-refractivity contribution in [3.8, 4) is 28.6 Å². The SMILES string of the molecule is COC(=O)c1c(N)c(C#N)cn1-c1cccc(-c2ccc(O)cc2)c1. The molecule has 3 N–H and O–H groups in total. The number of methoxy groups -OCH3 is 1. The fourth-order valence-electron chi connectivity index (χ4n) is 2.61. The van der Waals surface area contributed by atoms with E-state index < -0.39 is 5.97 Å². The number of nitrogens with two attached hydrogens (primary N) is 1. The minimum absolute atomic E-state index is 0.0874. The minimum Gasteiger partial charge on any atom is -0.508 e. The molecule has 0 unspecified atom stereocenters. The maximum absolute atomic E-state index is 12.1. The molecule has 0 saturated heterocycles. The number of carbonyl (C=O) groups excluding carboxylic acids is 1. The monoisotopic (exact) mass is 333 g/mol. The van der Waals surface area contributed by atoms with Gasteiger partial charge in [-0.3, -0.25) is 0 Å². The molecule has 0 radical (unpaired) electrons. The molecule has 1 heterocycles. The summed E-state index contributed by atoms with van der Waals surface area (Å²) in [5.41, 5.74) is 8.78. The van der Waals surface area contributed by atoms with Crippen LogP contribution in [-0.4, -0.2) is 22.8 Å². The first kappa shape index (κ1) is 16.1. The number of anilines is 1. The molecular weight excluding hydrogens is 318 g/mol. The molecule has 0 aliphatic heterocycles. The number of aromatic nitrogens is 1. The Hall–Kier alpha value is -3.72. The first-order valence-corrected chi connectivity index (χ1v) is 7.44. The number of ether oxygens (including phenoxy) is 1. The average molecular weight is 333 g/mol. The third-order valence-corrected chi connectivity index (χ3v) is 3.87. The fraction of sp³-hybridized carbons (Fsp3) is 0.0526. The number of nitrogens with zero attached hydrogens (tertiary/aromatic N) is 2. The van der Waals surface area contributed by atoms with E-state index in [0.29, 0.717) is 5.69 Å². The number of carbonyl (C=O) groups is 1. The summed E-state index contributed by atoms with van der Waals surface area (Å²) in [7, 11) is 1.26. The summed E-state index contributed by atoms with van der Waals surface area (Å²) < 4.78 is 6.33. The summed E-state index contributed by atoms with van der Waals surface area (Å²) in [4.78, 5) is 12.1. The lowest BCUT2D eigenvalue weighted by Gasteiger charge is -2.10. The van der Waals surface area contributed by atoms with Gasteiger partial charge in [0.25, 0.3) is 0 Å². The Labute approximate surface area is 144 Å². The van der Waals surface area contributed by atoms with E-state index in [1.165, 1.54) is 13.3 Å². The largest absolute Gasteiger partial charge is 0.508 e. The molecule has 0 bridgehead atoms. The molecule has 1 aromatic heterocycles. The van der Waals surface area contributed by atoms with Crippen LogP contribution in [0.3, 0.4) is 0 Å². The van der Waals surface area contributed by atoms with Gasteiger partial charge < -0.3 is 20.1 Å². The van der Waals surface area contributed by atoms with Crippen LogP contribution in [0.15, 0.2) is 54.7 Å². The Bertz CT molecular complexity index is 982. The van der Waals surface area contributed by atoms with Crippen molar-refractivity contribution in [2.75, 3.05) is 12.8 Å². The predicted octanol–water partition coefficient (Wildman–Crippen LogP) is 3.09. The van der Waals surface area contributed by atoms with Crippen molar-refractivity contribution in [1.29, 1.82) is 5.26 Å². The van der Waals surface area contributed by atoms with Crippen LogP contribution in [-0.2, 0) is 4.74 Å². The molecule has 6 heteroatoms. The maximum Gasteiger partial charge on any atom is 0.357 e. The number of hydrogen-bond donors (Lipinski definition) is 2. The van der Waals surface area contributed by atoms with Gasteiger partial charge >= 0.3 is 5.97 Å². The summed E-state index contributed by atoms with van der Waals surface area (Å²) in [5, 5.41) is 18.6. The van der Waals surface area contributed by atoms with Crippen molar-refractivity contribution in [3.05, 3.63) is 66.0 Å². The van der Waals surface area contributed by atoms with Crippen LogP contribution in [0.4, 0.5) is 5.69 Å². The van der Waals surface area contributed by atoms with Crippen LogP contribution < -0.4 is 5.73 Å². The van der Waals surface area contributed by atoms with E-state index >= 15 is 0 Å². The molecule has 0 atom stereocenters. The standard InChI is InChI=1S/C19H15N3O3/c1-25-19(24)18-17(21)14(10-20)11-22(18)15-4-2-3-13(9-15)12-5-7-16(23)8-6-12/h2-9,11,23H,21H2,1H3. The summed E-state index contributed by atoms with van der Waals surface area (Å²) in [5.74, 6) is -0.432. The van der Waals surface area contributed by atoms with Crippen molar-refractivity contribution in [2.45, 2.75) is 0 Å². The number of nitrogen functional groups attached to an aromatic ring is 1. The van der Waals surface area contributed by atoms with Gasteiger partial charge in [0.2, 0.25) is 0 Å². The van der Waals surface area contributed by atoms with E-state index in [9.17, 15) is 15.2 Å². The number of rotatable bonds is 3. The molecular formula is C19H15N3O3. The number of phenolic OH excluding ortho intramolecular Hbond substituents is 1. The maximum atomic E-state index is 12.1. The first-order chi connectivity index (χ1) is 12.0. The van der Waals surface area contributed by atoms with Crippen molar-refractivity contribution in [3.63, 3.8) is 0 Å². The number of hydrogen-bond acceptors (Lipinski definition) is 5. The first-order valence-electron chi connectivity index (χ1n) is 7.44. The van der Waals surface area contributed by atoms with Gasteiger partial charge in [0, 0.05) is 11.9 Å². The molecule has 0 amide bonds. The lowest BCUT2D eigenvalue weighted by molar-refractivity contribution is 0.0593. The van der Waals surface area contributed by atoms with E-state index in [2.05, 4.69) is 0 Å². The number of nitriles is 1. The van der Waals surface area contributed by atoms with Crippen LogP contribution >= 0.6 is 0 Å². The zero-order valence-electron chi connectivity index (χ0n) is 13.4. The third kappa shape index (κ3) is 2.91. The molecule has 0 aliphatic rings. The molecule has 6 nitrogen and oxygen atoms in total. The van der Waals surface area contributed by atoms with E-state index in [-0.39, 0.29) is 22.7 Å². The summed E-state index contributed by atoms with van der Waals surface area (Å²) in [6.07, 6.45) is 1.51. The average Bonchev–Trinajstić information content (AvgIpc) is 2.98. The molecule has 2 aromatic carbocycles. The highest BCUT2D eigenvalue weighted by atomic mass is 16.5. The van der Waals surface area contributed by atoms with Crippen molar-refractivity contribution < 1.29 is 14.6 Å². The third-order valence-electron chi connectivity index (χ3n) is 3.87. The van der Waals surface area contributed by atoms with Crippen LogP contribution in [0.1, 0.15) is 16.1 Å². The van der Waals surface area contributed by atoms with E-state index in [1.807, 2.05) is 24.3 Å². The molecule has 3 rings (SSSR count). The second-order valence-electron chi connectivity index (χ2n) is 5.38. The Morgan fingerprint density at radius 1 is 1.20 bits per heavy atom. The van der Waals surface area contributed by atoms with Gasteiger partial charge in [0.15, 0.2) is 5.69 Å². The molecule has 25 heavy (non-hydrogen) atoms. The van der Waals surface area contributed by atoms with Gasteiger partial charge in [0.05, 0.1) is 18.4 Å². The van der Waals surface area contributed by atoms with Crippen LogP contribution in [0.5, 0.6) is 5.75 Å². The van der Waals surface area contributed by atoms with Crippen LogP contribution in [0.2, 0.25) is 0 Å². The summed E-state index contributed by atoms with van der Waals surface area (Å²) >= 11 is 0. The van der Waals surface area contributed by atoms with E-state index in [1.54, 1.807) is 34.9 Å². The molecule has 124 valence electrons. The summed E-state index contributed by atoms with van der Waals surface area (Å²) in [6.45, 7) is 0. The quantitative estimate of drug-likeness (QED) is 0.717. The number of phenols is 1. The highest BCUT2D eigenvalue weighted by Gasteiger charge is 2.21. The molecule has 0 spiro atoms. The second-order valence-corrected chi connectivity index (χ2v) is 5.38. The zero-order chi connectivity index (χ0) is 18.0. The smallest absolute Gasteiger partial charge is 0.357 e. The van der Waals surface area contributed by atoms with Crippen LogP contribution in [0, 0.1) is 11.3 Å². The molecule has 0 fully saturated rings. The number of benzene rings is 2. The highest BCUT2D eigenvalue weighted by Crippen LogP contribution is 2.28. The van der Waals surface area contributed by atoms with E-state index in [0.717, 1.165) is 11.1 Å². The Kier molecular flexibility index (Phi) is 4.14. The lowest BCUT2D eigenvalue weighted by atomic mass is 10.0. The van der Waals surface area contributed by atoms with E-state index in [4.69, 9.17) is 10.5 Å². The molecule has 0 aliphatic carbocycles. The van der Waals surface area contributed by atoms with Crippen molar-refractivity contribution in [2.24, 2.45) is 0 Å². The fourth-order valence-corrected chi connectivity index (χ4v) is 2.61. The minimum atomic E-state index is -0.617. The normalized spacial score (nSPS) is 10.2. The predicted molar refractivity (Wildman–Crippen MR) is 93.3 cm³/mol. The lowest BCUT2D eigenvalue weighted by Crippen LogP contribution is -2.11. The summed E-state index contributed by atoms with van der Waals surface area (Å²) in [6, 6.07) is 16.2. The van der Waals surface area contributed by atoms with Gasteiger partial charge in [0.1, 0.15) is 11.8 Å². The topological polar surface area (TPSA) is 101 Å². The van der Waals surface area contributed by atoms with Gasteiger partial charge in [-0.2, -0.15) is 5.26 Å². The Balaban J connectivity index is 2.15. The van der Waals surface area contributed by atoms with Crippen molar-refractivity contribution >= 4 is 11.7 Å². The molecule has 3 aromatic rings. The van der Waals surface area contributed by atoms with Gasteiger partial charge in [-0.1, -0.05) is 24.3 Å². The van der Waals surface area contributed by atoms with Gasteiger partial charge in [-0.05, 0) is 35.4 Å². The van der Waals surface area contributed by atoms with Crippen LogP contribution in [0.25, 0.3) is 16.8 Å². The Morgan fingerprint density at radius 2 is 1.92 bits per heavy atom. The number of esters is 1. The van der Waals surface area contributed by atoms with Gasteiger partial charge in [-0.25, -0.2) is 4.79 Å². The van der Waals surface area contributed by atoms with Gasteiger partial charge in [-0.15, -0.1) is 0 Å². The zero-order valence-corrected chi connectivity index (χ0v) is 13.4. The molecule has 0 saturated carbocycles. The Morgan fingerprint density at radius 3 is 2.56 bits per heavy atom. The second kappa shape index (κ2) is 6.42. The number of aromatic hydroxyl groups is 1. The highest BCUT2D eigenvalue weighted by molar-refractivity contribution is 5.96.